The molecule has 0 saturated heterocycles. The number of benzene rings is 2. The van der Waals surface area contributed by atoms with Gasteiger partial charge in [-0.1, -0.05) is 48.5 Å². The van der Waals surface area contributed by atoms with Crippen LogP contribution in [0.4, 0.5) is 5.69 Å². The van der Waals surface area contributed by atoms with Crippen LogP contribution in [0.1, 0.15) is 30.7 Å². The van der Waals surface area contributed by atoms with Crippen molar-refractivity contribution in [2.75, 3.05) is 4.90 Å². The fraction of sp³-hybridized carbons (Fsp3) is 0.238. The Morgan fingerprint density at radius 1 is 1.19 bits per heavy atom. The third kappa shape index (κ3) is 2.96. The van der Waals surface area contributed by atoms with E-state index in [0.29, 0.717) is 18.9 Å². The molecular formula is C21H21N3O2. The predicted molar refractivity (Wildman–Crippen MR) is 101 cm³/mol. The standard InChI is InChI=1S/C21H21N3O2/c1-14-11-17(21(22)25)16-9-5-6-10-18(16)24(14)13-20-23-12-19(26-20)15-7-3-2-4-8-15/h2-10,12,14,17H,11,13H2,1H3,(H2,22,25)/t14-,17+/m0/s1. The minimum atomic E-state index is -0.272. The number of para-hydroxylation sites is 1. The lowest BCUT2D eigenvalue weighted by Gasteiger charge is -2.39. The maximum atomic E-state index is 11.9. The van der Waals surface area contributed by atoms with Gasteiger partial charge in [0.1, 0.15) is 0 Å². The lowest BCUT2D eigenvalue weighted by Crippen LogP contribution is -2.41. The molecule has 1 aliphatic heterocycles. The van der Waals surface area contributed by atoms with E-state index in [1.54, 1.807) is 6.20 Å². The quantitative estimate of drug-likeness (QED) is 0.781. The van der Waals surface area contributed by atoms with Gasteiger partial charge >= 0.3 is 0 Å². The third-order valence-electron chi connectivity index (χ3n) is 4.99. The highest BCUT2D eigenvalue weighted by atomic mass is 16.4. The third-order valence-corrected chi connectivity index (χ3v) is 4.99. The average Bonchev–Trinajstić information content (AvgIpc) is 3.13. The summed E-state index contributed by atoms with van der Waals surface area (Å²) >= 11 is 0. The summed E-state index contributed by atoms with van der Waals surface area (Å²) in [6, 6.07) is 18.0. The summed E-state index contributed by atoms with van der Waals surface area (Å²) < 4.78 is 5.97. The molecule has 1 aliphatic rings. The van der Waals surface area contributed by atoms with Gasteiger partial charge in [0.2, 0.25) is 11.8 Å². The largest absolute Gasteiger partial charge is 0.439 e. The maximum Gasteiger partial charge on any atom is 0.225 e. The normalized spacial score (nSPS) is 19.2. The Labute approximate surface area is 152 Å². The van der Waals surface area contributed by atoms with Crippen molar-refractivity contribution in [3.05, 3.63) is 72.2 Å². The summed E-state index contributed by atoms with van der Waals surface area (Å²) in [6.07, 6.45) is 2.45. The van der Waals surface area contributed by atoms with Gasteiger partial charge in [-0.3, -0.25) is 4.79 Å². The first-order valence-electron chi connectivity index (χ1n) is 8.78. The number of nitrogens with two attached hydrogens (primary N) is 1. The highest BCUT2D eigenvalue weighted by Crippen LogP contribution is 2.39. The van der Waals surface area contributed by atoms with Crippen molar-refractivity contribution in [2.45, 2.75) is 31.8 Å². The van der Waals surface area contributed by atoms with Gasteiger partial charge in [0.05, 0.1) is 18.7 Å². The number of rotatable bonds is 4. The number of hydrogen-bond donors (Lipinski definition) is 1. The van der Waals surface area contributed by atoms with Gasteiger partial charge in [-0.2, -0.15) is 0 Å². The Morgan fingerprint density at radius 3 is 2.69 bits per heavy atom. The lowest BCUT2D eigenvalue weighted by atomic mass is 9.85. The molecule has 0 saturated carbocycles. The van der Waals surface area contributed by atoms with Gasteiger partial charge in [-0.25, -0.2) is 4.98 Å². The van der Waals surface area contributed by atoms with Crippen LogP contribution in [0.15, 0.2) is 65.2 Å². The maximum absolute atomic E-state index is 11.9. The molecule has 2 aromatic carbocycles. The molecule has 2 N–H and O–H groups in total. The van der Waals surface area contributed by atoms with Crippen molar-refractivity contribution >= 4 is 11.6 Å². The van der Waals surface area contributed by atoms with Crippen molar-refractivity contribution in [1.82, 2.24) is 4.98 Å². The molecule has 0 radical (unpaired) electrons. The van der Waals surface area contributed by atoms with E-state index < -0.39 is 0 Å². The van der Waals surface area contributed by atoms with Crippen molar-refractivity contribution in [1.29, 1.82) is 0 Å². The molecule has 132 valence electrons. The van der Waals surface area contributed by atoms with Crippen molar-refractivity contribution in [3.63, 3.8) is 0 Å². The monoisotopic (exact) mass is 347 g/mol. The van der Waals surface area contributed by atoms with Crippen LogP contribution >= 0.6 is 0 Å². The number of carbonyl (C=O) groups is 1. The van der Waals surface area contributed by atoms with Crippen LogP contribution in [0, 0.1) is 0 Å². The molecule has 0 unspecified atom stereocenters. The Morgan fingerprint density at radius 2 is 1.92 bits per heavy atom. The van der Waals surface area contributed by atoms with Crippen LogP contribution in [-0.4, -0.2) is 16.9 Å². The number of fused-ring (bicyclic) bond motifs is 1. The van der Waals surface area contributed by atoms with E-state index in [2.05, 4.69) is 16.8 Å². The summed E-state index contributed by atoms with van der Waals surface area (Å²) in [6.45, 7) is 2.66. The molecule has 0 bridgehead atoms. The summed E-state index contributed by atoms with van der Waals surface area (Å²) in [5.74, 6) is 0.893. The molecule has 0 spiro atoms. The van der Waals surface area contributed by atoms with E-state index in [9.17, 15) is 4.79 Å². The summed E-state index contributed by atoms with van der Waals surface area (Å²) in [4.78, 5) is 18.5. The summed E-state index contributed by atoms with van der Waals surface area (Å²) in [5, 5.41) is 0. The number of aromatic nitrogens is 1. The van der Waals surface area contributed by atoms with Gasteiger partial charge in [-0.15, -0.1) is 0 Å². The van der Waals surface area contributed by atoms with Gasteiger partial charge < -0.3 is 15.1 Å². The number of oxazole rings is 1. The number of anilines is 1. The zero-order valence-electron chi connectivity index (χ0n) is 14.6. The van der Waals surface area contributed by atoms with Crippen molar-refractivity contribution in [3.8, 4) is 11.3 Å². The molecule has 5 nitrogen and oxygen atoms in total. The molecule has 4 rings (SSSR count). The van der Waals surface area contributed by atoms with Crippen LogP contribution in [0.5, 0.6) is 0 Å². The fourth-order valence-electron chi connectivity index (χ4n) is 3.65. The van der Waals surface area contributed by atoms with Crippen LogP contribution in [-0.2, 0) is 11.3 Å². The molecule has 5 heteroatoms. The molecule has 1 amide bonds. The number of primary amides is 1. The Kier molecular flexibility index (Phi) is 4.21. The second kappa shape index (κ2) is 6.67. The Hall–Kier alpha value is -3.08. The van der Waals surface area contributed by atoms with Crippen molar-refractivity contribution < 1.29 is 9.21 Å². The second-order valence-corrected chi connectivity index (χ2v) is 6.71. The SMILES string of the molecule is C[C@H]1C[C@@H](C(N)=O)c2ccccc2N1Cc1ncc(-c2ccccc2)o1. The molecule has 1 aromatic heterocycles. The molecule has 0 fully saturated rings. The first kappa shape index (κ1) is 16.4. The van der Waals surface area contributed by atoms with E-state index >= 15 is 0 Å². The highest BCUT2D eigenvalue weighted by molar-refractivity contribution is 5.85. The second-order valence-electron chi connectivity index (χ2n) is 6.71. The van der Waals surface area contributed by atoms with E-state index in [0.717, 1.165) is 22.6 Å². The smallest absolute Gasteiger partial charge is 0.225 e. The summed E-state index contributed by atoms with van der Waals surface area (Å²) in [5.41, 5.74) is 8.63. The minimum absolute atomic E-state index is 0.162. The molecule has 26 heavy (non-hydrogen) atoms. The van der Waals surface area contributed by atoms with Crippen molar-refractivity contribution in [2.24, 2.45) is 5.73 Å². The zero-order valence-corrected chi connectivity index (χ0v) is 14.6. The molecular weight excluding hydrogens is 326 g/mol. The lowest BCUT2D eigenvalue weighted by molar-refractivity contribution is -0.119. The number of carbonyl (C=O) groups excluding carboxylic acids is 1. The number of amides is 1. The van der Waals surface area contributed by atoms with Gasteiger partial charge in [0.25, 0.3) is 0 Å². The Bertz CT molecular complexity index is 920. The zero-order chi connectivity index (χ0) is 18.1. The van der Waals surface area contributed by atoms with Crippen LogP contribution in [0.25, 0.3) is 11.3 Å². The first-order valence-corrected chi connectivity index (χ1v) is 8.78. The fourth-order valence-corrected chi connectivity index (χ4v) is 3.65. The first-order chi connectivity index (χ1) is 12.6. The van der Waals surface area contributed by atoms with Crippen LogP contribution < -0.4 is 10.6 Å². The van der Waals surface area contributed by atoms with Crippen LogP contribution in [0.2, 0.25) is 0 Å². The number of hydrogen-bond acceptors (Lipinski definition) is 4. The number of nitrogens with zero attached hydrogens (tertiary/aromatic N) is 2. The minimum Gasteiger partial charge on any atom is -0.439 e. The summed E-state index contributed by atoms with van der Waals surface area (Å²) in [7, 11) is 0. The molecule has 2 atom stereocenters. The van der Waals surface area contributed by atoms with Crippen LogP contribution in [0.3, 0.4) is 0 Å². The molecule has 0 aliphatic carbocycles. The van der Waals surface area contributed by atoms with E-state index in [-0.39, 0.29) is 17.9 Å². The van der Waals surface area contributed by atoms with E-state index in [4.69, 9.17) is 10.2 Å². The van der Waals surface area contributed by atoms with E-state index in [1.165, 1.54) is 0 Å². The van der Waals surface area contributed by atoms with Gasteiger partial charge in [-0.05, 0) is 25.0 Å². The topological polar surface area (TPSA) is 72.4 Å². The molecule has 3 aromatic rings. The van der Waals surface area contributed by atoms with Gasteiger partial charge in [0, 0.05) is 17.3 Å². The predicted octanol–water partition coefficient (Wildman–Crippen LogP) is 3.71. The molecule has 2 heterocycles. The Balaban J connectivity index is 1.63. The van der Waals surface area contributed by atoms with Gasteiger partial charge in [0.15, 0.2) is 5.76 Å². The highest BCUT2D eigenvalue weighted by Gasteiger charge is 2.33. The van der Waals surface area contributed by atoms with E-state index in [1.807, 2.05) is 54.6 Å². The average molecular weight is 347 g/mol.